The van der Waals surface area contributed by atoms with E-state index in [-0.39, 0.29) is 0 Å². The second kappa shape index (κ2) is 5.75. The number of hydrogen-bond acceptors (Lipinski definition) is 5. The van der Waals surface area contributed by atoms with Crippen LogP contribution in [0, 0.1) is 5.92 Å². The Morgan fingerprint density at radius 3 is 2.60 bits per heavy atom. The molecule has 0 aliphatic rings. The van der Waals surface area contributed by atoms with Crippen LogP contribution in [0.1, 0.15) is 26.6 Å². The predicted molar refractivity (Wildman–Crippen MR) is 81.6 cm³/mol. The molecule has 2 heterocycles. The SMILES string of the molecule is CNc1nc(CN(C)C(C)C(C)C)nc2c1cnn2C. The minimum Gasteiger partial charge on any atom is -0.372 e. The number of aryl methyl sites for hydroxylation is 1. The van der Waals surface area contributed by atoms with Gasteiger partial charge in [-0.3, -0.25) is 9.58 Å². The summed E-state index contributed by atoms with van der Waals surface area (Å²) in [7, 11) is 5.89. The third-order valence-electron chi connectivity index (χ3n) is 3.93. The van der Waals surface area contributed by atoms with E-state index >= 15 is 0 Å². The summed E-state index contributed by atoms with van der Waals surface area (Å²) in [5.41, 5.74) is 0.866. The fourth-order valence-electron chi connectivity index (χ4n) is 2.20. The highest BCUT2D eigenvalue weighted by molar-refractivity contribution is 5.86. The molecule has 0 aliphatic heterocycles. The molecule has 1 atom stereocenters. The van der Waals surface area contributed by atoms with Crippen LogP contribution in [0.5, 0.6) is 0 Å². The van der Waals surface area contributed by atoms with Crippen molar-refractivity contribution < 1.29 is 0 Å². The fraction of sp³-hybridized carbons (Fsp3) is 0.643. The van der Waals surface area contributed by atoms with E-state index in [0.717, 1.165) is 29.2 Å². The van der Waals surface area contributed by atoms with Crippen LogP contribution in [-0.4, -0.2) is 44.8 Å². The Labute approximate surface area is 120 Å². The molecule has 0 radical (unpaired) electrons. The lowest BCUT2D eigenvalue weighted by Gasteiger charge is -2.27. The smallest absolute Gasteiger partial charge is 0.163 e. The summed E-state index contributed by atoms with van der Waals surface area (Å²) in [5, 5.41) is 8.33. The first-order valence-electron chi connectivity index (χ1n) is 7.00. The topological polar surface area (TPSA) is 58.9 Å². The molecule has 6 nitrogen and oxygen atoms in total. The van der Waals surface area contributed by atoms with Gasteiger partial charge in [-0.05, 0) is 19.9 Å². The van der Waals surface area contributed by atoms with Gasteiger partial charge >= 0.3 is 0 Å². The van der Waals surface area contributed by atoms with E-state index in [2.05, 4.69) is 53.1 Å². The average Bonchev–Trinajstić information content (AvgIpc) is 2.78. The van der Waals surface area contributed by atoms with Crippen molar-refractivity contribution in [1.82, 2.24) is 24.6 Å². The van der Waals surface area contributed by atoms with E-state index in [4.69, 9.17) is 0 Å². The van der Waals surface area contributed by atoms with Gasteiger partial charge in [-0.2, -0.15) is 5.10 Å². The molecule has 1 N–H and O–H groups in total. The minimum atomic E-state index is 0.485. The van der Waals surface area contributed by atoms with Gasteiger partial charge < -0.3 is 5.32 Å². The van der Waals surface area contributed by atoms with Crippen molar-refractivity contribution in [3.05, 3.63) is 12.0 Å². The zero-order valence-corrected chi connectivity index (χ0v) is 13.2. The quantitative estimate of drug-likeness (QED) is 0.903. The molecule has 1 unspecified atom stereocenters. The summed E-state index contributed by atoms with van der Waals surface area (Å²) in [5.74, 6) is 2.26. The molecule has 0 spiro atoms. The summed E-state index contributed by atoms with van der Waals surface area (Å²) < 4.78 is 1.78. The van der Waals surface area contributed by atoms with Crippen molar-refractivity contribution in [3.8, 4) is 0 Å². The van der Waals surface area contributed by atoms with Crippen LogP contribution in [0.2, 0.25) is 0 Å². The van der Waals surface area contributed by atoms with Gasteiger partial charge in [0.2, 0.25) is 0 Å². The molecule has 2 aromatic rings. The lowest BCUT2D eigenvalue weighted by atomic mass is 10.1. The third-order valence-corrected chi connectivity index (χ3v) is 3.93. The summed E-state index contributed by atoms with van der Waals surface area (Å²) >= 11 is 0. The van der Waals surface area contributed by atoms with Gasteiger partial charge in [-0.1, -0.05) is 13.8 Å². The summed E-state index contributed by atoms with van der Waals surface area (Å²) in [4.78, 5) is 11.5. The molecule has 20 heavy (non-hydrogen) atoms. The molecule has 0 saturated carbocycles. The van der Waals surface area contributed by atoms with Crippen LogP contribution in [0.3, 0.4) is 0 Å². The summed E-state index contributed by atoms with van der Waals surface area (Å²) in [6, 6.07) is 0.485. The number of nitrogens with zero attached hydrogens (tertiary/aromatic N) is 5. The third kappa shape index (κ3) is 2.75. The van der Waals surface area contributed by atoms with E-state index in [1.807, 2.05) is 14.1 Å². The first kappa shape index (κ1) is 14.7. The lowest BCUT2D eigenvalue weighted by Crippen LogP contribution is -2.33. The molecule has 6 heteroatoms. The molecule has 2 aromatic heterocycles. The highest BCUT2D eigenvalue weighted by atomic mass is 15.3. The first-order valence-corrected chi connectivity index (χ1v) is 7.00. The Bertz CT molecular complexity index is 589. The molecular formula is C14H24N6. The fourth-order valence-corrected chi connectivity index (χ4v) is 2.20. The van der Waals surface area contributed by atoms with Crippen molar-refractivity contribution in [2.75, 3.05) is 19.4 Å². The molecule has 0 aromatic carbocycles. The van der Waals surface area contributed by atoms with Crippen molar-refractivity contribution in [1.29, 1.82) is 0 Å². The largest absolute Gasteiger partial charge is 0.372 e. The van der Waals surface area contributed by atoms with Gasteiger partial charge in [0.25, 0.3) is 0 Å². The highest BCUT2D eigenvalue weighted by Gasteiger charge is 2.16. The van der Waals surface area contributed by atoms with E-state index in [0.29, 0.717) is 12.0 Å². The van der Waals surface area contributed by atoms with Gasteiger partial charge in [0.1, 0.15) is 11.6 Å². The summed E-state index contributed by atoms with van der Waals surface area (Å²) in [6.07, 6.45) is 1.80. The van der Waals surface area contributed by atoms with Crippen molar-refractivity contribution in [2.45, 2.75) is 33.4 Å². The van der Waals surface area contributed by atoms with Gasteiger partial charge in [-0.15, -0.1) is 0 Å². The number of hydrogen-bond donors (Lipinski definition) is 1. The van der Waals surface area contributed by atoms with Crippen molar-refractivity contribution in [2.24, 2.45) is 13.0 Å². The van der Waals surface area contributed by atoms with E-state index in [9.17, 15) is 0 Å². The van der Waals surface area contributed by atoms with Gasteiger partial charge in [0, 0.05) is 20.1 Å². The molecule has 0 fully saturated rings. The van der Waals surface area contributed by atoms with Gasteiger partial charge in [0.05, 0.1) is 18.1 Å². The van der Waals surface area contributed by atoms with Crippen molar-refractivity contribution >= 4 is 16.9 Å². The van der Waals surface area contributed by atoms with E-state index in [1.54, 1.807) is 10.9 Å². The van der Waals surface area contributed by atoms with Crippen LogP contribution >= 0.6 is 0 Å². The normalized spacial score (nSPS) is 13.4. The standard InChI is InChI=1S/C14H24N6/c1-9(2)10(3)19(5)8-12-17-13(15-4)11-7-16-20(6)14(11)18-12/h7,9-10H,8H2,1-6H3,(H,15,17,18). The maximum atomic E-state index is 4.63. The van der Waals surface area contributed by atoms with E-state index in [1.165, 1.54) is 0 Å². The molecule has 2 rings (SSSR count). The van der Waals surface area contributed by atoms with Crippen molar-refractivity contribution in [3.63, 3.8) is 0 Å². The Morgan fingerprint density at radius 1 is 1.30 bits per heavy atom. The Kier molecular flexibility index (Phi) is 4.23. The van der Waals surface area contributed by atoms with Crippen LogP contribution in [0.25, 0.3) is 11.0 Å². The highest BCUT2D eigenvalue weighted by Crippen LogP contribution is 2.20. The van der Waals surface area contributed by atoms with E-state index < -0.39 is 0 Å². The number of nitrogens with one attached hydrogen (secondary N) is 1. The van der Waals surface area contributed by atoms with Crippen LogP contribution in [-0.2, 0) is 13.6 Å². The molecule has 0 saturated heterocycles. The Hall–Kier alpha value is -1.69. The van der Waals surface area contributed by atoms with Gasteiger partial charge in [0.15, 0.2) is 5.65 Å². The second-order valence-electron chi connectivity index (χ2n) is 5.64. The number of fused-ring (bicyclic) bond motifs is 1. The zero-order valence-electron chi connectivity index (χ0n) is 13.2. The minimum absolute atomic E-state index is 0.485. The number of aromatic nitrogens is 4. The lowest BCUT2D eigenvalue weighted by molar-refractivity contribution is 0.196. The second-order valence-corrected chi connectivity index (χ2v) is 5.64. The van der Waals surface area contributed by atoms with Crippen LogP contribution < -0.4 is 5.32 Å². The maximum Gasteiger partial charge on any atom is 0.163 e. The number of anilines is 1. The van der Waals surface area contributed by atoms with Crippen LogP contribution in [0.4, 0.5) is 5.82 Å². The molecule has 110 valence electrons. The molecule has 0 bridgehead atoms. The Balaban J connectivity index is 2.33. The average molecular weight is 276 g/mol. The summed E-state index contributed by atoms with van der Waals surface area (Å²) in [6.45, 7) is 7.41. The molecular weight excluding hydrogens is 252 g/mol. The maximum absolute atomic E-state index is 4.63. The molecule has 0 amide bonds. The monoisotopic (exact) mass is 276 g/mol. The predicted octanol–water partition coefficient (Wildman–Crippen LogP) is 1.88. The van der Waals surface area contributed by atoms with Gasteiger partial charge in [-0.25, -0.2) is 9.97 Å². The zero-order chi connectivity index (χ0) is 14.9. The Morgan fingerprint density at radius 2 is 2.00 bits per heavy atom. The first-order chi connectivity index (χ1) is 9.43. The van der Waals surface area contributed by atoms with Crippen LogP contribution in [0.15, 0.2) is 6.20 Å². The number of rotatable bonds is 5. The molecule has 0 aliphatic carbocycles.